The number of carbonyl (C=O) groups is 1. The highest BCUT2D eigenvalue weighted by atomic mass is 32.2. The predicted molar refractivity (Wildman–Crippen MR) is 121 cm³/mol. The number of nitrogens with zero attached hydrogens (tertiary/aromatic N) is 2. The fourth-order valence-corrected chi connectivity index (χ4v) is 6.07. The smallest absolute Gasteiger partial charge is 0.254 e. The van der Waals surface area contributed by atoms with Crippen molar-refractivity contribution in [1.82, 2.24) is 9.21 Å². The van der Waals surface area contributed by atoms with Gasteiger partial charge < -0.3 is 14.4 Å². The molecule has 2 aromatic carbocycles. The fraction of sp³-hybridized carbons (Fsp3) is 0.458. The summed E-state index contributed by atoms with van der Waals surface area (Å²) in [5.74, 6) is 1.13. The highest BCUT2D eigenvalue weighted by Crippen LogP contribution is 2.34. The van der Waals surface area contributed by atoms with E-state index in [1.165, 1.54) is 6.07 Å². The first kappa shape index (κ1) is 22.6. The van der Waals surface area contributed by atoms with Crippen molar-refractivity contribution in [3.63, 3.8) is 0 Å². The first-order valence-corrected chi connectivity index (χ1v) is 12.6. The van der Waals surface area contributed by atoms with E-state index in [0.717, 1.165) is 24.8 Å². The zero-order valence-electron chi connectivity index (χ0n) is 18.6. The van der Waals surface area contributed by atoms with E-state index in [4.69, 9.17) is 9.47 Å². The molecular weight excluding hydrogens is 428 g/mol. The maximum absolute atomic E-state index is 13.3. The van der Waals surface area contributed by atoms with Crippen LogP contribution in [0.5, 0.6) is 11.5 Å². The number of ether oxygens (including phenoxy) is 2. The maximum atomic E-state index is 13.3. The van der Waals surface area contributed by atoms with E-state index in [-0.39, 0.29) is 16.8 Å². The average Bonchev–Trinajstić information content (AvgIpc) is 2.82. The number of para-hydroxylation sites is 1. The highest BCUT2D eigenvalue weighted by molar-refractivity contribution is 7.89. The zero-order valence-corrected chi connectivity index (χ0v) is 19.4. The van der Waals surface area contributed by atoms with Crippen LogP contribution in [0.2, 0.25) is 0 Å². The van der Waals surface area contributed by atoms with E-state index in [2.05, 4.69) is 0 Å². The van der Waals surface area contributed by atoms with Gasteiger partial charge in [-0.15, -0.1) is 0 Å². The van der Waals surface area contributed by atoms with Crippen molar-refractivity contribution >= 4 is 15.9 Å². The number of carbonyl (C=O) groups excluding carboxylic acids is 1. The predicted octanol–water partition coefficient (Wildman–Crippen LogP) is 3.68. The monoisotopic (exact) mass is 458 g/mol. The average molecular weight is 459 g/mol. The molecule has 0 aromatic heterocycles. The maximum Gasteiger partial charge on any atom is 0.254 e. The molecule has 172 valence electrons. The van der Waals surface area contributed by atoms with E-state index in [9.17, 15) is 13.2 Å². The minimum atomic E-state index is -3.64. The van der Waals surface area contributed by atoms with Gasteiger partial charge in [0.1, 0.15) is 13.2 Å². The van der Waals surface area contributed by atoms with Gasteiger partial charge in [0.05, 0.1) is 4.90 Å². The Kier molecular flexibility index (Phi) is 6.71. The quantitative estimate of drug-likeness (QED) is 0.660. The molecule has 0 spiro atoms. The van der Waals surface area contributed by atoms with Crippen molar-refractivity contribution in [1.29, 1.82) is 0 Å². The Morgan fingerprint density at radius 1 is 1.12 bits per heavy atom. The van der Waals surface area contributed by atoms with Gasteiger partial charge in [-0.05, 0) is 51.0 Å². The second-order valence-electron chi connectivity index (χ2n) is 8.25. The van der Waals surface area contributed by atoms with Gasteiger partial charge in [0, 0.05) is 36.8 Å². The Morgan fingerprint density at radius 2 is 1.91 bits per heavy atom. The Morgan fingerprint density at radius 3 is 2.69 bits per heavy atom. The molecule has 8 heteroatoms. The number of benzene rings is 2. The summed E-state index contributed by atoms with van der Waals surface area (Å²) in [5, 5.41) is 0. The molecular formula is C24H30N2O5S. The lowest BCUT2D eigenvalue weighted by molar-refractivity contribution is 0.0749. The van der Waals surface area contributed by atoms with Crippen molar-refractivity contribution in [2.24, 2.45) is 0 Å². The Hall–Kier alpha value is -2.58. The summed E-state index contributed by atoms with van der Waals surface area (Å²) in [5.41, 5.74) is 1.22. The van der Waals surface area contributed by atoms with Crippen LogP contribution >= 0.6 is 0 Å². The molecule has 0 N–H and O–H groups in total. The van der Waals surface area contributed by atoms with Gasteiger partial charge in [0.25, 0.3) is 5.91 Å². The molecule has 2 aromatic rings. The molecule has 1 saturated heterocycles. The Bertz CT molecular complexity index is 1090. The van der Waals surface area contributed by atoms with Crippen molar-refractivity contribution < 1.29 is 22.7 Å². The molecule has 2 heterocycles. The molecule has 0 radical (unpaired) electrons. The molecule has 0 bridgehead atoms. The molecule has 4 rings (SSSR count). The van der Waals surface area contributed by atoms with E-state index < -0.39 is 10.0 Å². The second kappa shape index (κ2) is 9.50. The zero-order chi connectivity index (χ0) is 22.7. The molecule has 1 fully saturated rings. The molecule has 1 amide bonds. The minimum absolute atomic E-state index is 0.0354. The van der Waals surface area contributed by atoms with Crippen LogP contribution in [0.3, 0.4) is 0 Å². The van der Waals surface area contributed by atoms with Crippen LogP contribution in [0, 0.1) is 0 Å². The number of piperidine rings is 1. The van der Waals surface area contributed by atoms with Gasteiger partial charge in [-0.1, -0.05) is 24.6 Å². The number of fused-ring (bicyclic) bond motifs is 1. The van der Waals surface area contributed by atoms with E-state index in [0.29, 0.717) is 49.9 Å². The van der Waals surface area contributed by atoms with Gasteiger partial charge in [-0.2, -0.15) is 4.31 Å². The summed E-state index contributed by atoms with van der Waals surface area (Å²) >= 11 is 0. The second-order valence-corrected chi connectivity index (χ2v) is 10.1. The number of hydrogen-bond donors (Lipinski definition) is 0. The van der Waals surface area contributed by atoms with Crippen LogP contribution in [0.4, 0.5) is 0 Å². The summed E-state index contributed by atoms with van der Waals surface area (Å²) in [6.07, 6.45) is 2.75. The van der Waals surface area contributed by atoms with Gasteiger partial charge in [-0.25, -0.2) is 8.42 Å². The van der Waals surface area contributed by atoms with Crippen LogP contribution in [0.1, 0.15) is 49.0 Å². The first-order valence-electron chi connectivity index (χ1n) is 11.2. The lowest BCUT2D eigenvalue weighted by atomic mass is 10.1. The van der Waals surface area contributed by atoms with Gasteiger partial charge >= 0.3 is 0 Å². The lowest BCUT2D eigenvalue weighted by Gasteiger charge is -2.32. The number of sulfonamides is 1. The van der Waals surface area contributed by atoms with Crippen molar-refractivity contribution in [2.45, 2.75) is 50.6 Å². The molecule has 32 heavy (non-hydrogen) atoms. The van der Waals surface area contributed by atoms with Crippen molar-refractivity contribution in [2.75, 3.05) is 26.3 Å². The molecule has 0 saturated carbocycles. The van der Waals surface area contributed by atoms with Gasteiger partial charge in [0.2, 0.25) is 10.0 Å². The van der Waals surface area contributed by atoms with E-state index in [1.807, 2.05) is 32.0 Å². The third-order valence-corrected chi connectivity index (χ3v) is 8.12. The summed E-state index contributed by atoms with van der Waals surface area (Å²) < 4.78 is 39.5. The number of rotatable bonds is 6. The van der Waals surface area contributed by atoms with Crippen LogP contribution in [0.25, 0.3) is 0 Å². The van der Waals surface area contributed by atoms with Crippen LogP contribution in [0.15, 0.2) is 47.4 Å². The van der Waals surface area contributed by atoms with E-state index >= 15 is 0 Å². The Labute approximate surface area is 190 Å². The SMILES string of the molecule is CCN(Cc1cccc2c1OCCO2)C(=O)c1cccc(S(=O)(=O)N2CCCCC2C)c1. The summed E-state index contributed by atoms with van der Waals surface area (Å²) in [4.78, 5) is 15.2. The largest absolute Gasteiger partial charge is 0.486 e. The summed E-state index contributed by atoms with van der Waals surface area (Å²) in [6.45, 7) is 6.16. The molecule has 2 aliphatic heterocycles. The normalized spacial score (nSPS) is 18.9. The van der Waals surface area contributed by atoms with Crippen molar-refractivity contribution in [3.8, 4) is 11.5 Å². The van der Waals surface area contributed by atoms with Crippen molar-refractivity contribution in [3.05, 3.63) is 53.6 Å². The molecule has 1 unspecified atom stereocenters. The molecule has 7 nitrogen and oxygen atoms in total. The van der Waals surface area contributed by atoms with Gasteiger partial charge in [0.15, 0.2) is 11.5 Å². The first-order chi connectivity index (χ1) is 15.4. The topological polar surface area (TPSA) is 76.1 Å². The Balaban J connectivity index is 1.58. The standard InChI is InChI=1S/C24H30N2O5S/c1-3-25(17-20-10-7-12-22-23(20)31-15-14-30-22)24(27)19-9-6-11-21(16-19)32(28,29)26-13-5-4-8-18(26)2/h6-7,9-12,16,18H,3-5,8,13-15,17H2,1-2H3. The van der Waals surface area contributed by atoms with Gasteiger partial charge in [-0.3, -0.25) is 4.79 Å². The summed E-state index contributed by atoms with van der Waals surface area (Å²) in [7, 11) is -3.64. The minimum Gasteiger partial charge on any atom is -0.486 e. The molecule has 1 atom stereocenters. The number of amides is 1. The fourth-order valence-electron chi connectivity index (χ4n) is 4.33. The van der Waals surface area contributed by atoms with E-state index in [1.54, 1.807) is 27.4 Å². The van der Waals surface area contributed by atoms with Crippen LogP contribution in [-0.2, 0) is 16.6 Å². The lowest BCUT2D eigenvalue weighted by Crippen LogP contribution is -2.42. The third kappa shape index (κ3) is 4.47. The molecule has 2 aliphatic rings. The molecule has 0 aliphatic carbocycles. The third-order valence-electron chi connectivity index (χ3n) is 6.11. The number of hydrogen-bond acceptors (Lipinski definition) is 5. The van der Waals surface area contributed by atoms with Crippen LogP contribution < -0.4 is 9.47 Å². The van der Waals surface area contributed by atoms with Crippen LogP contribution in [-0.4, -0.2) is 55.9 Å². The highest BCUT2D eigenvalue weighted by Gasteiger charge is 2.31. The summed E-state index contributed by atoms with van der Waals surface area (Å²) in [6, 6.07) is 12.0.